The van der Waals surface area contributed by atoms with Gasteiger partial charge in [0.15, 0.2) is 0 Å². The molecule has 0 saturated carbocycles. The van der Waals surface area contributed by atoms with E-state index in [0.717, 1.165) is 0 Å². The molecule has 0 amide bonds. The summed E-state index contributed by atoms with van der Waals surface area (Å²) in [4.78, 5) is 0. The molecule has 0 aromatic heterocycles. The van der Waals surface area contributed by atoms with Gasteiger partial charge in [0.2, 0.25) is 0 Å². The van der Waals surface area contributed by atoms with Crippen molar-refractivity contribution >= 4 is 32.3 Å². The van der Waals surface area contributed by atoms with Gasteiger partial charge in [0, 0.05) is 0 Å². The van der Waals surface area contributed by atoms with Crippen LogP contribution in [0.5, 0.6) is 0 Å². The molecule has 21 heavy (non-hydrogen) atoms. The Hall–Kier alpha value is -0.208. The molecule has 0 bridgehead atoms. The SMILES string of the molecule is F[B-](F)(F)F.F[B-](F)(F)F.F[B-](F)(F)F.O=S(=O)(O)F.[H-].[Li+]. The second-order valence-electron chi connectivity index (χ2n) is 1.90. The van der Waals surface area contributed by atoms with Crippen LogP contribution in [0.2, 0.25) is 0 Å². The first kappa shape index (κ1) is 32.7. The Balaban J connectivity index is -0.0000000376. The van der Waals surface area contributed by atoms with Crippen LogP contribution in [0, 0.1) is 0 Å². The Morgan fingerprint density at radius 3 is 0.619 bits per heavy atom. The summed E-state index contributed by atoms with van der Waals surface area (Å²) in [5.74, 6) is 0. The summed E-state index contributed by atoms with van der Waals surface area (Å²) in [5.41, 5.74) is 0. The topological polar surface area (TPSA) is 54.4 Å². The Labute approximate surface area is 122 Å². The number of rotatable bonds is 0. The van der Waals surface area contributed by atoms with E-state index in [0.29, 0.717) is 0 Å². The quantitative estimate of drug-likeness (QED) is 0.298. The van der Waals surface area contributed by atoms with Gasteiger partial charge in [-0.05, 0) is 0 Å². The van der Waals surface area contributed by atoms with Crippen LogP contribution in [0.25, 0.3) is 0 Å². The smallest absolute Gasteiger partial charge is 1.00 e. The van der Waals surface area contributed by atoms with E-state index in [2.05, 4.69) is 0 Å². The van der Waals surface area contributed by atoms with Gasteiger partial charge in [-0.3, -0.25) is 4.55 Å². The molecule has 0 fully saturated rings. The van der Waals surface area contributed by atoms with Gasteiger partial charge in [-0.1, -0.05) is 3.89 Å². The fraction of sp³-hybridized carbons (Fsp3) is 0. The molecule has 0 saturated heterocycles. The molecule has 1 N–H and O–H groups in total. The number of halogens is 13. The normalized spacial score (nSPS) is 11.3. The van der Waals surface area contributed by atoms with Gasteiger partial charge in [0.25, 0.3) is 0 Å². The maximum absolute atomic E-state index is 10.2. The largest absolute Gasteiger partial charge is 1.00 e. The van der Waals surface area contributed by atoms with E-state index in [-0.39, 0.29) is 20.3 Å². The Kier molecular flexibility index (Phi) is 19.2. The van der Waals surface area contributed by atoms with Gasteiger partial charge in [0.1, 0.15) is 0 Å². The van der Waals surface area contributed by atoms with Crippen molar-refractivity contribution in [2.75, 3.05) is 0 Å². The third-order valence-electron chi connectivity index (χ3n) is 0. The zero-order chi connectivity index (χ0) is 18.0. The standard InChI is InChI=1S/3BF4.FHO3S.Li.H/c3*2-1(3,4)5;1-5(2,3)4;;/h;;;(H,2,3,4);;/q3*-1;;+1;-1. The first-order valence-corrected chi connectivity index (χ1v) is 4.63. The molecule has 0 heterocycles. The number of hydrogen-bond donors (Lipinski definition) is 1. The minimum atomic E-state index is -6.00. The van der Waals surface area contributed by atoms with Crippen LogP contribution in [0.1, 0.15) is 1.43 Å². The van der Waals surface area contributed by atoms with E-state index in [9.17, 15) is 55.7 Å². The molecule has 0 spiro atoms. The first-order chi connectivity index (χ1) is 8.00. The summed E-state index contributed by atoms with van der Waals surface area (Å²) in [6.45, 7) is 0. The van der Waals surface area contributed by atoms with E-state index in [1.54, 1.807) is 0 Å². The van der Waals surface area contributed by atoms with E-state index < -0.39 is 32.3 Å². The number of hydrogen-bond acceptors (Lipinski definition) is 2. The second kappa shape index (κ2) is 12.3. The van der Waals surface area contributed by atoms with Crippen LogP contribution in [0.4, 0.5) is 55.7 Å². The van der Waals surface area contributed by atoms with E-state index >= 15 is 0 Å². The van der Waals surface area contributed by atoms with Gasteiger partial charge in [0.05, 0.1) is 0 Å². The molecule has 0 aliphatic heterocycles. The van der Waals surface area contributed by atoms with Crippen molar-refractivity contribution in [2.45, 2.75) is 0 Å². The predicted molar refractivity (Wildman–Crippen MR) is 44.3 cm³/mol. The van der Waals surface area contributed by atoms with E-state index in [1.807, 2.05) is 0 Å². The molecule has 0 radical (unpaired) electrons. The average molecular weight is 368 g/mol. The molecular weight excluding hydrogens is 366 g/mol. The molecule has 0 aromatic carbocycles. The van der Waals surface area contributed by atoms with Crippen LogP contribution in [0.3, 0.4) is 0 Å². The van der Waals surface area contributed by atoms with Gasteiger partial charge in [-0.25, -0.2) is 0 Å². The minimum absolute atomic E-state index is 0. The molecule has 0 unspecified atom stereocenters. The minimum Gasteiger partial charge on any atom is -1.00 e. The monoisotopic (exact) mass is 369 g/mol. The van der Waals surface area contributed by atoms with Gasteiger partial charge in [-0.15, -0.1) is 0 Å². The van der Waals surface area contributed by atoms with Crippen molar-refractivity contribution in [1.29, 1.82) is 0 Å². The predicted octanol–water partition coefficient (Wildman–Crippen LogP) is 0.775. The van der Waals surface area contributed by atoms with Crippen molar-refractivity contribution in [3.63, 3.8) is 0 Å². The van der Waals surface area contributed by atoms with Crippen molar-refractivity contribution in [3.8, 4) is 0 Å². The summed E-state index contributed by atoms with van der Waals surface area (Å²) in [7, 11) is -23.2. The van der Waals surface area contributed by atoms with Crippen LogP contribution in [0.15, 0.2) is 0 Å². The summed E-state index contributed by atoms with van der Waals surface area (Å²) in [5, 5.41) is 0. The molecule has 0 atom stereocenters. The first-order valence-electron chi connectivity index (χ1n) is 3.29. The molecule has 0 aromatic rings. The van der Waals surface area contributed by atoms with Gasteiger partial charge >= 0.3 is 51.1 Å². The Morgan fingerprint density at radius 1 is 0.619 bits per heavy atom. The summed E-state index contributed by atoms with van der Waals surface area (Å²) >= 11 is 0. The summed E-state index contributed by atoms with van der Waals surface area (Å²) in [6, 6.07) is 0. The summed E-state index contributed by atoms with van der Waals surface area (Å²) in [6.07, 6.45) is 0. The van der Waals surface area contributed by atoms with Crippen LogP contribution in [-0.2, 0) is 10.5 Å². The molecule has 0 rings (SSSR count). The van der Waals surface area contributed by atoms with Crippen molar-refractivity contribution in [3.05, 3.63) is 0 Å². The molecule has 0 aliphatic carbocycles. The van der Waals surface area contributed by atoms with E-state index in [1.165, 1.54) is 0 Å². The zero-order valence-electron chi connectivity index (χ0n) is 10.3. The Morgan fingerprint density at radius 2 is 0.619 bits per heavy atom. The third-order valence-corrected chi connectivity index (χ3v) is 0. The molecule has 0 aliphatic rings. The summed E-state index contributed by atoms with van der Waals surface area (Å²) < 4.78 is 151. The van der Waals surface area contributed by atoms with Crippen molar-refractivity contribution < 1.29 is 88.9 Å². The molecule has 130 valence electrons. The maximum Gasteiger partial charge on any atom is 1.00 e. The fourth-order valence-electron chi connectivity index (χ4n) is 0. The molecular formula is H2B3F13LiO3S-3. The van der Waals surface area contributed by atoms with Crippen molar-refractivity contribution in [1.82, 2.24) is 0 Å². The zero-order valence-corrected chi connectivity index (χ0v) is 10.1. The molecule has 3 nitrogen and oxygen atoms in total. The van der Waals surface area contributed by atoms with Gasteiger partial charge < -0.3 is 53.2 Å². The Bertz CT molecular complexity index is 264. The van der Waals surface area contributed by atoms with Crippen LogP contribution < -0.4 is 18.9 Å². The average Bonchev–Trinajstić information content (AvgIpc) is 1.62. The second-order valence-corrected chi connectivity index (χ2v) is 2.72. The van der Waals surface area contributed by atoms with E-state index in [4.69, 9.17) is 13.0 Å². The molecule has 21 heteroatoms. The van der Waals surface area contributed by atoms with Crippen LogP contribution >= 0.6 is 0 Å². The van der Waals surface area contributed by atoms with Gasteiger partial charge in [-0.2, -0.15) is 8.42 Å². The van der Waals surface area contributed by atoms with Crippen molar-refractivity contribution in [2.24, 2.45) is 0 Å². The maximum atomic E-state index is 10.2. The van der Waals surface area contributed by atoms with Crippen LogP contribution in [-0.4, -0.2) is 34.7 Å². The fourth-order valence-corrected chi connectivity index (χ4v) is 0. The third kappa shape index (κ3) is 145000.